The van der Waals surface area contributed by atoms with Crippen molar-refractivity contribution in [2.24, 2.45) is 0 Å². The highest BCUT2D eigenvalue weighted by atomic mass is 19.4. The van der Waals surface area contributed by atoms with E-state index in [4.69, 9.17) is 5.73 Å². The summed E-state index contributed by atoms with van der Waals surface area (Å²) in [5.74, 6) is 0.299. The zero-order valence-corrected chi connectivity index (χ0v) is 9.04. The fourth-order valence-electron chi connectivity index (χ4n) is 1.87. The van der Waals surface area contributed by atoms with E-state index in [9.17, 15) is 13.2 Å². The van der Waals surface area contributed by atoms with E-state index in [-0.39, 0.29) is 6.54 Å². The molecule has 1 saturated heterocycles. The number of aromatic nitrogens is 1. The highest BCUT2D eigenvalue weighted by Gasteiger charge is 2.44. The van der Waals surface area contributed by atoms with E-state index in [0.717, 1.165) is 0 Å². The molecule has 0 radical (unpaired) electrons. The van der Waals surface area contributed by atoms with Crippen LogP contribution in [0.3, 0.4) is 0 Å². The zero-order valence-electron chi connectivity index (χ0n) is 9.04. The molecule has 0 aromatic carbocycles. The molecule has 0 spiro atoms. The molecule has 94 valence electrons. The largest absolute Gasteiger partial charge is 0.409 e. The molecule has 0 aliphatic carbocycles. The van der Waals surface area contributed by atoms with Crippen molar-refractivity contribution in [3.05, 3.63) is 18.3 Å². The second-order valence-corrected chi connectivity index (χ2v) is 3.90. The number of halogens is 3. The molecular formula is C10H13F3N4. The summed E-state index contributed by atoms with van der Waals surface area (Å²) in [5.41, 5.74) is 5.86. The summed E-state index contributed by atoms with van der Waals surface area (Å²) < 4.78 is 38.5. The lowest BCUT2D eigenvalue weighted by Crippen LogP contribution is -2.58. The number of rotatable bonds is 1. The number of pyridine rings is 1. The molecule has 1 aliphatic rings. The molecule has 17 heavy (non-hydrogen) atoms. The van der Waals surface area contributed by atoms with E-state index >= 15 is 0 Å². The van der Waals surface area contributed by atoms with Gasteiger partial charge in [0.2, 0.25) is 0 Å². The van der Waals surface area contributed by atoms with Gasteiger partial charge in [0, 0.05) is 19.6 Å². The Labute approximate surface area is 96.6 Å². The number of alkyl halides is 3. The SMILES string of the molecule is Nc1ccc(N2CCNCC2C(F)(F)F)cn1. The second-order valence-electron chi connectivity index (χ2n) is 3.90. The molecule has 0 amide bonds. The third-order valence-corrected chi connectivity index (χ3v) is 2.72. The first-order chi connectivity index (χ1) is 7.98. The number of anilines is 2. The monoisotopic (exact) mass is 246 g/mol. The van der Waals surface area contributed by atoms with Crippen LogP contribution in [-0.4, -0.2) is 36.8 Å². The van der Waals surface area contributed by atoms with Gasteiger partial charge in [-0.15, -0.1) is 0 Å². The van der Waals surface area contributed by atoms with Gasteiger partial charge in [-0.1, -0.05) is 0 Å². The van der Waals surface area contributed by atoms with Crippen LogP contribution in [0.25, 0.3) is 0 Å². The van der Waals surface area contributed by atoms with Gasteiger partial charge in [0.15, 0.2) is 0 Å². The van der Waals surface area contributed by atoms with Crippen molar-refractivity contribution in [3.8, 4) is 0 Å². The first-order valence-electron chi connectivity index (χ1n) is 5.24. The van der Waals surface area contributed by atoms with Crippen LogP contribution >= 0.6 is 0 Å². The van der Waals surface area contributed by atoms with Gasteiger partial charge in [0.1, 0.15) is 11.9 Å². The summed E-state index contributed by atoms with van der Waals surface area (Å²) in [5, 5.41) is 2.75. The van der Waals surface area contributed by atoms with Crippen molar-refractivity contribution in [1.29, 1.82) is 0 Å². The van der Waals surface area contributed by atoms with Gasteiger partial charge in [-0.2, -0.15) is 13.2 Å². The van der Waals surface area contributed by atoms with Crippen molar-refractivity contribution in [2.75, 3.05) is 30.3 Å². The Morgan fingerprint density at radius 3 is 2.76 bits per heavy atom. The molecule has 1 unspecified atom stereocenters. The summed E-state index contributed by atoms with van der Waals surface area (Å²) in [4.78, 5) is 5.13. The predicted octanol–water partition coefficient (Wildman–Crippen LogP) is 1.00. The number of hydrogen-bond acceptors (Lipinski definition) is 4. The topological polar surface area (TPSA) is 54.2 Å². The highest BCUT2D eigenvalue weighted by Crippen LogP contribution is 2.29. The maximum absolute atomic E-state index is 12.8. The van der Waals surface area contributed by atoms with Gasteiger partial charge in [-0.25, -0.2) is 4.98 Å². The van der Waals surface area contributed by atoms with Crippen LogP contribution in [0.2, 0.25) is 0 Å². The molecular weight excluding hydrogens is 233 g/mol. The van der Waals surface area contributed by atoms with Crippen LogP contribution in [-0.2, 0) is 0 Å². The molecule has 3 N–H and O–H groups in total. The number of nitrogen functional groups attached to an aromatic ring is 1. The normalized spacial score (nSPS) is 21.6. The van der Waals surface area contributed by atoms with E-state index in [1.807, 2.05) is 0 Å². The molecule has 4 nitrogen and oxygen atoms in total. The maximum atomic E-state index is 12.8. The molecule has 7 heteroatoms. The van der Waals surface area contributed by atoms with Crippen LogP contribution in [0.1, 0.15) is 0 Å². The summed E-state index contributed by atoms with van der Waals surface area (Å²) in [6.45, 7) is 0.723. The van der Waals surface area contributed by atoms with Crippen molar-refractivity contribution < 1.29 is 13.2 Å². The lowest BCUT2D eigenvalue weighted by atomic mass is 10.1. The molecule has 2 heterocycles. The molecule has 1 atom stereocenters. The van der Waals surface area contributed by atoms with E-state index in [2.05, 4.69) is 10.3 Å². The average molecular weight is 246 g/mol. The molecule has 2 rings (SSSR count). The van der Waals surface area contributed by atoms with Crippen LogP contribution in [0.15, 0.2) is 18.3 Å². The first kappa shape index (κ1) is 12.0. The van der Waals surface area contributed by atoms with Gasteiger partial charge < -0.3 is 16.0 Å². The number of piperazine rings is 1. The van der Waals surface area contributed by atoms with Crippen molar-refractivity contribution in [1.82, 2.24) is 10.3 Å². The van der Waals surface area contributed by atoms with Crippen molar-refractivity contribution in [3.63, 3.8) is 0 Å². The van der Waals surface area contributed by atoms with Crippen LogP contribution in [0, 0.1) is 0 Å². The van der Waals surface area contributed by atoms with Gasteiger partial charge >= 0.3 is 6.18 Å². The minimum Gasteiger partial charge on any atom is -0.384 e. The Balaban J connectivity index is 2.25. The minimum absolute atomic E-state index is 0.103. The van der Waals surface area contributed by atoms with E-state index in [1.54, 1.807) is 6.07 Å². The Kier molecular flexibility index (Phi) is 3.10. The average Bonchev–Trinajstić information content (AvgIpc) is 2.29. The highest BCUT2D eigenvalue weighted by molar-refractivity contribution is 5.49. The van der Waals surface area contributed by atoms with Gasteiger partial charge in [0.05, 0.1) is 11.9 Å². The molecule has 1 aliphatic heterocycles. The first-order valence-corrected chi connectivity index (χ1v) is 5.24. The number of nitrogens with one attached hydrogen (secondary N) is 1. The van der Waals surface area contributed by atoms with E-state index in [1.165, 1.54) is 17.2 Å². The van der Waals surface area contributed by atoms with Gasteiger partial charge in [-0.3, -0.25) is 0 Å². The summed E-state index contributed by atoms with van der Waals surface area (Å²) in [6.07, 6.45) is -2.88. The van der Waals surface area contributed by atoms with E-state index in [0.29, 0.717) is 24.6 Å². The Bertz CT molecular complexity index is 376. The fourth-order valence-corrected chi connectivity index (χ4v) is 1.87. The second kappa shape index (κ2) is 4.40. The van der Waals surface area contributed by atoms with Gasteiger partial charge in [0.25, 0.3) is 0 Å². The molecule has 1 aromatic heterocycles. The maximum Gasteiger partial charge on any atom is 0.409 e. The van der Waals surface area contributed by atoms with Gasteiger partial charge in [-0.05, 0) is 12.1 Å². The number of nitrogens with two attached hydrogens (primary N) is 1. The lowest BCUT2D eigenvalue weighted by Gasteiger charge is -2.38. The third kappa shape index (κ3) is 2.60. The van der Waals surface area contributed by atoms with Crippen LogP contribution in [0.5, 0.6) is 0 Å². The predicted molar refractivity (Wildman–Crippen MR) is 58.7 cm³/mol. The Morgan fingerprint density at radius 1 is 1.41 bits per heavy atom. The quantitative estimate of drug-likeness (QED) is 0.776. The molecule has 0 saturated carbocycles. The van der Waals surface area contributed by atoms with Crippen molar-refractivity contribution >= 4 is 11.5 Å². The Morgan fingerprint density at radius 2 is 2.18 bits per heavy atom. The molecule has 1 fully saturated rings. The zero-order chi connectivity index (χ0) is 12.5. The molecule has 0 bridgehead atoms. The number of hydrogen-bond donors (Lipinski definition) is 2. The standard InChI is InChI=1S/C10H13F3N4/c11-10(12,13)8-6-15-3-4-17(8)7-1-2-9(14)16-5-7/h1-2,5,8,15H,3-4,6H2,(H2,14,16). The summed E-state index contributed by atoms with van der Waals surface area (Å²) in [6, 6.07) is 1.55. The third-order valence-electron chi connectivity index (χ3n) is 2.72. The van der Waals surface area contributed by atoms with Crippen LogP contribution in [0.4, 0.5) is 24.7 Å². The summed E-state index contributed by atoms with van der Waals surface area (Å²) in [7, 11) is 0. The minimum atomic E-state index is -4.26. The number of nitrogens with zero attached hydrogens (tertiary/aromatic N) is 2. The summed E-state index contributed by atoms with van der Waals surface area (Å²) >= 11 is 0. The van der Waals surface area contributed by atoms with Crippen molar-refractivity contribution in [2.45, 2.75) is 12.2 Å². The van der Waals surface area contributed by atoms with Crippen LogP contribution < -0.4 is 16.0 Å². The smallest absolute Gasteiger partial charge is 0.384 e. The Hall–Kier alpha value is -1.50. The van der Waals surface area contributed by atoms with E-state index < -0.39 is 12.2 Å². The molecule has 1 aromatic rings. The lowest BCUT2D eigenvalue weighted by molar-refractivity contribution is -0.149. The fraction of sp³-hybridized carbons (Fsp3) is 0.500.